The first-order valence-electron chi connectivity index (χ1n) is 6.15. The van der Waals surface area contributed by atoms with E-state index in [0.717, 1.165) is 21.6 Å². The summed E-state index contributed by atoms with van der Waals surface area (Å²) < 4.78 is 35.2. The number of rotatable bonds is 2. The Morgan fingerprint density at radius 1 is 1.19 bits per heavy atom. The molecule has 0 saturated heterocycles. The van der Waals surface area contributed by atoms with Gasteiger partial charge in [-0.25, -0.2) is 13.8 Å². The molecule has 0 aliphatic heterocycles. The van der Waals surface area contributed by atoms with Gasteiger partial charge in [-0.15, -0.1) is 0 Å². The summed E-state index contributed by atoms with van der Waals surface area (Å²) in [6.45, 7) is 0. The van der Waals surface area contributed by atoms with Gasteiger partial charge in [-0.3, -0.25) is 0 Å². The molecule has 3 rings (SSSR count). The molecule has 0 saturated carbocycles. The molecule has 0 radical (unpaired) electrons. The standard InChI is InChI=1S/C15H11BrF2N2O/c1-20-7-12(11-3-8(16)6-19-15(11)20)10-4-9(17)5-13(18)14(10)21-2/h3-7H,1-2H3. The van der Waals surface area contributed by atoms with E-state index in [4.69, 9.17) is 4.74 Å². The van der Waals surface area contributed by atoms with Crippen LogP contribution in [-0.4, -0.2) is 16.7 Å². The molecule has 21 heavy (non-hydrogen) atoms. The van der Waals surface area contributed by atoms with Crippen LogP contribution in [0, 0.1) is 11.6 Å². The Morgan fingerprint density at radius 2 is 1.95 bits per heavy atom. The minimum absolute atomic E-state index is 0.0175. The molecule has 0 amide bonds. The van der Waals surface area contributed by atoms with Gasteiger partial charge in [0.05, 0.1) is 7.11 Å². The highest BCUT2D eigenvalue weighted by Gasteiger charge is 2.18. The van der Waals surface area contributed by atoms with Gasteiger partial charge in [-0.05, 0) is 28.1 Å². The van der Waals surface area contributed by atoms with Gasteiger partial charge < -0.3 is 9.30 Å². The summed E-state index contributed by atoms with van der Waals surface area (Å²) in [4.78, 5) is 4.31. The van der Waals surface area contributed by atoms with Crippen LogP contribution >= 0.6 is 15.9 Å². The van der Waals surface area contributed by atoms with Crippen LogP contribution in [-0.2, 0) is 7.05 Å². The van der Waals surface area contributed by atoms with E-state index in [9.17, 15) is 8.78 Å². The molecule has 2 aromatic heterocycles. The molecule has 0 spiro atoms. The molecule has 1 aromatic carbocycles. The van der Waals surface area contributed by atoms with E-state index in [0.29, 0.717) is 11.1 Å². The van der Waals surface area contributed by atoms with E-state index < -0.39 is 11.6 Å². The van der Waals surface area contributed by atoms with E-state index in [1.165, 1.54) is 13.2 Å². The van der Waals surface area contributed by atoms with Crippen LogP contribution in [0.3, 0.4) is 0 Å². The number of nitrogens with zero attached hydrogens (tertiary/aromatic N) is 2. The molecule has 3 aromatic rings. The number of hydrogen-bond donors (Lipinski definition) is 0. The van der Waals surface area contributed by atoms with E-state index in [1.54, 1.807) is 17.0 Å². The van der Waals surface area contributed by atoms with Crippen molar-refractivity contribution >= 4 is 27.0 Å². The lowest BCUT2D eigenvalue weighted by Gasteiger charge is -2.09. The number of fused-ring (bicyclic) bond motifs is 1. The number of aryl methyl sites for hydroxylation is 1. The number of benzene rings is 1. The quantitative estimate of drug-likeness (QED) is 0.687. The lowest BCUT2D eigenvalue weighted by Crippen LogP contribution is -1.93. The Balaban J connectivity index is 2.38. The number of hydrogen-bond acceptors (Lipinski definition) is 2. The Bertz CT molecular complexity index is 845. The Labute approximate surface area is 128 Å². The third-order valence-electron chi connectivity index (χ3n) is 3.28. The minimum atomic E-state index is -0.729. The highest BCUT2D eigenvalue weighted by Crippen LogP contribution is 2.38. The lowest BCUT2D eigenvalue weighted by atomic mass is 10.0. The maximum absolute atomic E-state index is 13.9. The van der Waals surface area contributed by atoms with E-state index in [-0.39, 0.29) is 5.75 Å². The molecule has 6 heteroatoms. The van der Waals surface area contributed by atoms with E-state index in [1.807, 2.05) is 13.1 Å². The van der Waals surface area contributed by atoms with Gasteiger partial charge in [-0.1, -0.05) is 0 Å². The van der Waals surface area contributed by atoms with Crippen molar-refractivity contribution in [2.45, 2.75) is 0 Å². The van der Waals surface area contributed by atoms with Crippen LogP contribution in [0.4, 0.5) is 8.78 Å². The van der Waals surface area contributed by atoms with Crippen LogP contribution in [0.5, 0.6) is 5.75 Å². The van der Waals surface area contributed by atoms with E-state index in [2.05, 4.69) is 20.9 Å². The molecule has 3 nitrogen and oxygen atoms in total. The van der Waals surface area contributed by atoms with Gasteiger partial charge >= 0.3 is 0 Å². The molecule has 0 bridgehead atoms. The Kier molecular flexibility index (Phi) is 3.41. The predicted octanol–water partition coefficient (Wildman–Crippen LogP) is 4.29. The Morgan fingerprint density at radius 3 is 2.67 bits per heavy atom. The predicted molar refractivity (Wildman–Crippen MR) is 80.3 cm³/mol. The van der Waals surface area contributed by atoms with Crippen molar-refractivity contribution in [1.82, 2.24) is 9.55 Å². The molecule has 0 unspecified atom stereocenters. The zero-order valence-corrected chi connectivity index (χ0v) is 12.9. The van der Waals surface area contributed by atoms with Gasteiger partial charge in [-0.2, -0.15) is 0 Å². The zero-order chi connectivity index (χ0) is 15.1. The van der Waals surface area contributed by atoms with Crippen molar-refractivity contribution in [1.29, 1.82) is 0 Å². The number of pyridine rings is 1. The van der Waals surface area contributed by atoms with Crippen molar-refractivity contribution in [2.24, 2.45) is 7.05 Å². The third-order valence-corrected chi connectivity index (χ3v) is 3.72. The van der Waals surface area contributed by atoms with Crippen LogP contribution in [0.2, 0.25) is 0 Å². The highest BCUT2D eigenvalue weighted by atomic mass is 79.9. The van der Waals surface area contributed by atoms with Gasteiger partial charge in [0, 0.05) is 46.5 Å². The number of ether oxygens (including phenoxy) is 1. The maximum Gasteiger partial charge on any atom is 0.168 e. The molecule has 0 atom stereocenters. The molecule has 0 fully saturated rings. The number of methoxy groups -OCH3 is 1. The number of halogens is 3. The molecule has 0 aliphatic carbocycles. The molecule has 0 N–H and O–H groups in total. The second-order valence-electron chi connectivity index (χ2n) is 4.65. The van der Waals surface area contributed by atoms with Gasteiger partial charge in [0.2, 0.25) is 0 Å². The normalized spacial score (nSPS) is 11.1. The van der Waals surface area contributed by atoms with Crippen molar-refractivity contribution < 1.29 is 13.5 Å². The first-order valence-corrected chi connectivity index (χ1v) is 6.94. The van der Waals surface area contributed by atoms with Crippen LogP contribution in [0.1, 0.15) is 0 Å². The first kappa shape index (κ1) is 14.0. The molecule has 2 heterocycles. The van der Waals surface area contributed by atoms with Crippen LogP contribution < -0.4 is 4.74 Å². The smallest absolute Gasteiger partial charge is 0.168 e. The zero-order valence-electron chi connectivity index (χ0n) is 11.3. The average Bonchev–Trinajstić information content (AvgIpc) is 2.74. The summed E-state index contributed by atoms with van der Waals surface area (Å²) >= 11 is 3.36. The van der Waals surface area contributed by atoms with Gasteiger partial charge in [0.1, 0.15) is 11.5 Å². The monoisotopic (exact) mass is 352 g/mol. The molecule has 108 valence electrons. The molecular weight excluding hydrogens is 342 g/mol. The fraction of sp³-hybridized carbons (Fsp3) is 0.133. The van der Waals surface area contributed by atoms with Crippen molar-refractivity contribution in [3.63, 3.8) is 0 Å². The second-order valence-corrected chi connectivity index (χ2v) is 5.56. The molecule has 0 aliphatic rings. The maximum atomic E-state index is 13.9. The topological polar surface area (TPSA) is 27.1 Å². The van der Waals surface area contributed by atoms with Crippen molar-refractivity contribution in [3.05, 3.63) is 46.7 Å². The second kappa shape index (κ2) is 5.11. The summed E-state index contributed by atoms with van der Waals surface area (Å²) in [6, 6.07) is 3.93. The SMILES string of the molecule is COc1c(F)cc(F)cc1-c1cn(C)c2ncc(Br)cc12. The fourth-order valence-corrected chi connectivity index (χ4v) is 2.75. The summed E-state index contributed by atoms with van der Waals surface area (Å²) in [5.41, 5.74) is 1.75. The van der Waals surface area contributed by atoms with Crippen LogP contribution in [0.25, 0.3) is 22.2 Å². The van der Waals surface area contributed by atoms with Crippen LogP contribution in [0.15, 0.2) is 35.1 Å². The van der Waals surface area contributed by atoms with E-state index >= 15 is 0 Å². The summed E-state index contributed by atoms with van der Waals surface area (Å²) in [5, 5.41) is 0.787. The van der Waals surface area contributed by atoms with Crippen molar-refractivity contribution in [3.8, 4) is 16.9 Å². The number of aromatic nitrogens is 2. The van der Waals surface area contributed by atoms with Gasteiger partial charge in [0.25, 0.3) is 0 Å². The fourth-order valence-electron chi connectivity index (χ4n) is 2.42. The minimum Gasteiger partial charge on any atom is -0.493 e. The molecular formula is C15H11BrF2N2O. The summed E-state index contributed by atoms with van der Waals surface area (Å²) in [5.74, 6) is -1.36. The highest BCUT2D eigenvalue weighted by molar-refractivity contribution is 9.10. The lowest BCUT2D eigenvalue weighted by molar-refractivity contribution is 0.386. The third kappa shape index (κ3) is 2.29. The van der Waals surface area contributed by atoms with Crippen molar-refractivity contribution in [2.75, 3.05) is 7.11 Å². The Hall–Kier alpha value is -1.95. The average molecular weight is 353 g/mol. The summed E-state index contributed by atoms with van der Waals surface area (Å²) in [7, 11) is 3.19. The van der Waals surface area contributed by atoms with Gasteiger partial charge in [0.15, 0.2) is 11.6 Å². The largest absolute Gasteiger partial charge is 0.493 e. The summed E-state index contributed by atoms with van der Waals surface area (Å²) in [6.07, 6.45) is 3.45. The first-order chi connectivity index (χ1) is 10.0.